The molecule has 2 aromatic rings. The number of urea groups is 1. The summed E-state index contributed by atoms with van der Waals surface area (Å²) < 4.78 is 14.2. The molecule has 28 heavy (non-hydrogen) atoms. The number of anilines is 1. The number of carbonyl (C=O) groups excluding carboxylic acids is 3. The van der Waals surface area contributed by atoms with Crippen LogP contribution in [0.25, 0.3) is 0 Å². The zero-order chi connectivity index (χ0) is 20.5. The number of halogens is 1. The zero-order valence-electron chi connectivity index (χ0n) is 16.0. The van der Waals surface area contributed by atoms with Crippen molar-refractivity contribution in [3.05, 3.63) is 65.5 Å². The lowest BCUT2D eigenvalue weighted by molar-refractivity contribution is -0.133. The van der Waals surface area contributed by atoms with Crippen LogP contribution in [0.2, 0.25) is 0 Å². The third-order valence-electron chi connectivity index (χ3n) is 4.85. The van der Waals surface area contributed by atoms with Gasteiger partial charge in [0.05, 0.1) is 0 Å². The molecule has 3 rings (SSSR count). The standard InChI is InChI=1S/C21H22FN3O3/c1-13(2)14-8-10-15(11-9-14)23-18(26)12-25-19(27)21(3,24-20(25)28)16-6-4-5-7-17(16)22/h4-11,13H,12H2,1-3H3,(H,23,26)(H,24,28). The van der Waals surface area contributed by atoms with Gasteiger partial charge in [-0.1, -0.05) is 44.2 Å². The molecule has 1 saturated heterocycles. The van der Waals surface area contributed by atoms with E-state index in [-0.39, 0.29) is 5.56 Å². The van der Waals surface area contributed by atoms with Gasteiger partial charge >= 0.3 is 6.03 Å². The molecule has 0 aliphatic carbocycles. The van der Waals surface area contributed by atoms with Crippen LogP contribution >= 0.6 is 0 Å². The first-order chi connectivity index (χ1) is 13.2. The number of carbonyl (C=O) groups is 3. The topological polar surface area (TPSA) is 78.5 Å². The smallest absolute Gasteiger partial charge is 0.325 e. The first-order valence-corrected chi connectivity index (χ1v) is 9.01. The van der Waals surface area contributed by atoms with Gasteiger partial charge in [0.2, 0.25) is 5.91 Å². The van der Waals surface area contributed by atoms with Crippen LogP contribution in [-0.4, -0.2) is 29.3 Å². The summed E-state index contributed by atoms with van der Waals surface area (Å²) in [6.07, 6.45) is 0. The van der Waals surface area contributed by atoms with E-state index in [0.717, 1.165) is 10.5 Å². The molecule has 0 aromatic heterocycles. The number of hydrogen-bond acceptors (Lipinski definition) is 3. The van der Waals surface area contributed by atoms with Crippen LogP contribution in [0.4, 0.5) is 14.9 Å². The molecule has 4 amide bonds. The van der Waals surface area contributed by atoms with Gasteiger partial charge in [-0.25, -0.2) is 9.18 Å². The van der Waals surface area contributed by atoms with E-state index in [9.17, 15) is 18.8 Å². The predicted molar refractivity (Wildman–Crippen MR) is 103 cm³/mol. The van der Waals surface area contributed by atoms with Crippen LogP contribution in [0.15, 0.2) is 48.5 Å². The Bertz CT molecular complexity index is 927. The van der Waals surface area contributed by atoms with Crippen molar-refractivity contribution in [2.45, 2.75) is 32.2 Å². The molecule has 0 spiro atoms. The second kappa shape index (κ2) is 7.42. The van der Waals surface area contributed by atoms with E-state index in [0.29, 0.717) is 11.6 Å². The number of nitrogens with one attached hydrogen (secondary N) is 2. The van der Waals surface area contributed by atoms with Gasteiger partial charge in [-0.15, -0.1) is 0 Å². The summed E-state index contributed by atoms with van der Waals surface area (Å²) in [5.41, 5.74) is 0.202. The highest BCUT2D eigenvalue weighted by Gasteiger charge is 2.50. The third-order valence-corrected chi connectivity index (χ3v) is 4.85. The molecule has 0 radical (unpaired) electrons. The van der Waals surface area contributed by atoms with E-state index in [4.69, 9.17) is 0 Å². The number of nitrogens with zero attached hydrogens (tertiary/aromatic N) is 1. The van der Waals surface area contributed by atoms with Crippen molar-refractivity contribution in [2.75, 3.05) is 11.9 Å². The fourth-order valence-corrected chi connectivity index (χ4v) is 3.19. The van der Waals surface area contributed by atoms with Gasteiger partial charge < -0.3 is 10.6 Å². The van der Waals surface area contributed by atoms with E-state index in [1.54, 1.807) is 18.2 Å². The highest BCUT2D eigenvalue weighted by molar-refractivity contribution is 6.10. The van der Waals surface area contributed by atoms with Crippen molar-refractivity contribution in [1.29, 1.82) is 0 Å². The molecule has 1 unspecified atom stereocenters. The molecule has 1 heterocycles. The Morgan fingerprint density at radius 2 is 1.79 bits per heavy atom. The third kappa shape index (κ3) is 3.60. The second-order valence-electron chi connectivity index (χ2n) is 7.25. The minimum absolute atomic E-state index is 0.0560. The summed E-state index contributed by atoms with van der Waals surface area (Å²) in [4.78, 5) is 38.2. The van der Waals surface area contributed by atoms with E-state index < -0.39 is 35.7 Å². The minimum Gasteiger partial charge on any atom is -0.325 e. The first-order valence-electron chi connectivity index (χ1n) is 9.01. The summed E-state index contributed by atoms with van der Waals surface area (Å²) in [5, 5.41) is 5.16. The van der Waals surface area contributed by atoms with Crippen LogP contribution in [0, 0.1) is 5.82 Å². The molecule has 2 aromatic carbocycles. The molecule has 1 fully saturated rings. The van der Waals surface area contributed by atoms with Gasteiger partial charge in [0.25, 0.3) is 5.91 Å². The maximum atomic E-state index is 14.2. The maximum absolute atomic E-state index is 14.2. The van der Waals surface area contributed by atoms with Crippen LogP contribution in [0.3, 0.4) is 0 Å². The average molecular weight is 383 g/mol. The fraction of sp³-hybridized carbons (Fsp3) is 0.286. The van der Waals surface area contributed by atoms with Crippen molar-refractivity contribution >= 4 is 23.5 Å². The van der Waals surface area contributed by atoms with Crippen molar-refractivity contribution < 1.29 is 18.8 Å². The minimum atomic E-state index is -1.55. The summed E-state index contributed by atoms with van der Waals surface area (Å²) in [7, 11) is 0. The lowest BCUT2D eigenvalue weighted by Crippen LogP contribution is -2.42. The molecular weight excluding hydrogens is 361 g/mol. The van der Waals surface area contributed by atoms with E-state index >= 15 is 0 Å². The summed E-state index contributed by atoms with van der Waals surface area (Å²) >= 11 is 0. The van der Waals surface area contributed by atoms with Crippen LogP contribution < -0.4 is 10.6 Å². The van der Waals surface area contributed by atoms with Crippen LogP contribution in [0.5, 0.6) is 0 Å². The Kier molecular flexibility index (Phi) is 5.18. The van der Waals surface area contributed by atoms with E-state index in [1.807, 2.05) is 12.1 Å². The predicted octanol–water partition coefficient (Wildman–Crippen LogP) is 3.35. The van der Waals surface area contributed by atoms with Gasteiger partial charge in [-0.05, 0) is 36.6 Å². The zero-order valence-corrected chi connectivity index (χ0v) is 16.0. The number of rotatable bonds is 5. The second-order valence-corrected chi connectivity index (χ2v) is 7.25. The lowest BCUT2D eigenvalue weighted by Gasteiger charge is -2.22. The molecule has 1 atom stereocenters. The largest absolute Gasteiger partial charge is 0.325 e. The van der Waals surface area contributed by atoms with Gasteiger partial charge in [0.1, 0.15) is 17.9 Å². The molecule has 7 heteroatoms. The Morgan fingerprint density at radius 3 is 2.39 bits per heavy atom. The molecule has 0 bridgehead atoms. The van der Waals surface area contributed by atoms with Crippen LogP contribution in [0.1, 0.15) is 37.8 Å². The fourth-order valence-electron chi connectivity index (χ4n) is 3.19. The van der Waals surface area contributed by atoms with Gasteiger partial charge in [0, 0.05) is 11.3 Å². The van der Waals surface area contributed by atoms with Crippen molar-refractivity contribution in [3.63, 3.8) is 0 Å². The van der Waals surface area contributed by atoms with Crippen molar-refractivity contribution in [2.24, 2.45) is 0 Å². The molecule has 1 aliphatic heterocycles. The molecule has 0 saturated carbocycles. The monoisotopic (exact) mass is 383 g/mol. The Balaban J connectivity index is 1.72. The SMILES string of the molecule is CC(C)c1ccc(NC(=O)CN2C(=O)NC(C)(c3ccccc3F)C2=O)cc1. The Labute approximate surface area is 162 Å². The highest BCUT2D eigenvalue weighted by Crippen LogP contribution is 2.30. The average Bonchev–Trinajstić information content (AvgIpc) is 2.86. The first kappa shape index (κ1) is 19.5. The van der Waals surface area contributed by atoms with Crippen molar-refractivity contribution in [3.8, 4) is 0 Å². The molecule has 6 nitrogen and oxygen atoms in total. The highest BCUT2D eigenvalue weighted by atomic mass is 19.1. The van der Waals surface area contributed by atoms with Crippen LogP contribution in [-0.2, 0) is 15.1 Å². The lowest BCUT2D eigenvalue weighted by atomic mass is 9.91. The normalized spacial score (nSPS) is 19.1. The Morgan fingerprint density at radius 1 is 1.14 bits per heavy atom. The van der Waals surface area contributed by atoms with Gasteiger partial charge in [0.15, 0.2) is 0 Å². The summed E-state index contributed by atoms with van der Waals surface area (Å²) in [5.74, 6) is -1.42. The van der Waals surface area contributed by atoms with E-state index in [2.05, 4.69) is 24.5 Å². The molecule has 2 N–H and O–H groups in total. The number of imide groups is 1. The molecule has 1 aliphatic rings. The number of amides is 4. The van der Waals surface area contributed by atoms with E-state index in [1.165, 1.54) is 25.1 Å². The maximum Gasteiger partial charge on any atom is 0.325 e. The van der Waals surface area contributed by atoms with Gasteiger partial charge in [-0.3, -0.25) is 14.5 Å². The molecular formula is C21H22FN3O3. The van der Waals surface area contributed by atoms with Gasteiger partial charge in [-0.2, -0.15) is 0 Å². The quantitative estimate of drug-likeness (QED) is 0.777. The summed E-state index contributed by atoms with van der Waals surface area (Å²) in [6, 6.07) is 12.3. The summed E-state index contributed by atoms with van der Waals surface area (Å²) in [6.45, 7) is 5.10. The number of benzene rings is 2. The number of hydrogen-bond donors (Lipinski definition) is 2. The Hall–Kier alpha value is -3.22. The van der Waals surface area contributed by atoms with Crippen molar-refractivity contribution in [1.82, 2.24) is 10.2 Å². The molecule has 146 valence electrons.